The Morgan fingerprint density at radius 1 is 1.36 bits per heavy atom. The predicted octanol–water partition coefficient (Wildman–Crippen LogP) is 1.28. The maximum atomic E-state index is 12.7. The highest BCUT2D eigenvalue weighted by Gasteiger charge is 2.45. The molecule has 1 amide bonds. The monoisotopic (exact) mass is 303 g/mol. The van der Waals surface area contributed by atoms with Crippen LogP contribution in [0.1, 0.15) is 36.2 Å². The van der Waals surface area contributed by atoms with E-state index in [0.29, 0.717) is 18.8 Å². The van der Waals surface area contributed by atoms with E-state index in [0.717, 1.165) is 25.4 Å². The molecule has 3 atom stereocenters. The first-order chi connectivity index (χ1) is 10.8. The lowest BCUT2D eigenvalue weighted by atomic mass is 10.1. The Labute approximate surface area is 129 Å². The van der Waals surface area contributed by atoms with Gasteiger partial charge in [-0.25, -0.2) is 9.97 Å². The molecule has 0 aromatic carbocycles. The molecule has 118 valence electrons. The van der Waals surface area contributed by atoms with Crippen LogP contribution in [0.5, 0.6) is 0 Å². The van der Waals surface area contributed by atoms with Crippen LogP contribution in [0, 0.1) is 5.92 Å². The van der Waals surface area contributed by atoms with Crippen molar-refractivity contribution in [2.75, 3.05) is 19.8 Å². The number of ether oxygens (including phenoxy) is 2. The number of carbonyl (C=O) groups excluding carboxylic acids is 1. The Morgan fingerprint density at radius 2 is 2.27 bits per heavy atom. The summed E-state index contributed by atoms with van der Waals surface area (Å²) in [7, 11) is 0. The van der Waals surface area contributed by atoms with E-state index in [9.17, 15) is 4.79 Å². The van der Waals surface area contributed by atoms with Crippen molar-refractivity contribution in [2.45, 2.75) is 43.9 Å². The van der Waals surface area contributed by atoms with Crippen LogP contribution in [0.3, 0.4) is 0 Å². The third-order valence-corrected chi connectivity index (χ3v) is 4.84. The van der Waals surface area contributed by atoms with Crippen LogP contribution < -0.4 is 0 Å². The van der Waals surface area contributed by atoms with Gasteiger partial charge in [-0.2, -0.15) is 0 Å². The number of morpholine rings is 1. The summed E-state index contributed by atoms with van der Waals surface area (Å²) < 4.78 is 12.0. The lowest BCUT2D eigenvalue weighted by Crippen LogP contribution is -2.54. The molecule has 6 heteroatoms. The van der Waals surface area contributed by atoms with Crippen molar-refractivity contribution in [3.05, 3.63) is 24.3 Å². The fourth-order valence-electron chi connectivity index (χ4n) is 3.45. The van der Waals surface area contributed by atoms with Crippen LogP contribution >= 0.6 is 0 Å². The van der Waals surface area contributed by atoms with E-state index in [1.54, 1.807) is 12.3 Å². The number of fused-ring (bicyclic) bond motifs is 1. The third-order valence-electron chi connectivity index (χ3n) is 4.84. The Morgan fingerprint density at radius 3 is 3.05 bits per heavy atom. The van der Waals surface area contributed by atoms with Crippen molar-refractivity contribution in [3.63, 3.8) is 0 Å². The topological polar surface area (TPSA) is 64.6 Å². The molecule has 0 N–H and O–H groups in total. The molecule has 3 aliphatic rings. The van der Waals surface area contributed by atoms with Crippen LogP contribution in [0.4, 0.5) is 0 Å². The van der Waals surface area contributed by atoms with E-state index >= 15 is 0 Å². The minimum Gasteiger partial charge on any atom is -0.375 e. The molecule has 0 spiro atoms. The molecule has 2 saturated carbocycles. The average Bonchev–Trinajstić information content (AvgIpc) is 3.31. The van der Waals surface area contributed by atoms with Gasteiger partial charge in [-0.15, -0.1) is 0 Å². The summed E-state index contributed by atoms with van der Waals surface area (Å²) in [5.74, 6) is 0.727. The third kappa shape index (κ3) is 2.73. The van der Waals surface area contributed by atoms with E-state index in [4.69, 9.17) is 9.47 Å². The first kappa shape index (κ1) is 14.1. The number of aromatic nitrogens is 2. The molecule has 6 nitrogen and oxygen atoms in total. The van der Waals surface area contributed by atoms with Crippen LogP contribution in [-0.2, 0) is 9.47 Å². The molecule has 1 aromatic heterocycles. The summed E-state index contributed by atoms with van der Waals surface area (Å²) in [5, 5.41) is 0. The van der Waals surface area contributed by atoms with E-state index in [1.165, 1.54) is 19.2 Å². The molecule has 3 fully saturated rings. The molecular weight excluding hydrogens is 282 g/mol. The summed E-state index contributed by atoms with van der Waals surface area (Å²) in [6, 6.07) is 1.78. The zero-order chi connectivity index (χ0) is 14.9. The number of amides is 1. The van der Waals surface area contributed by atoms with Gasteiger partial charge in [0.15, 0.2) is 0 Å². The second-order valence-corrected chi connectivity index (χ2v) is 6.39. The maximum absolute atomic E-state index is 12.7. The summed E-state index contributed by atoms with van der Waals surface area (Å²) in [6.45, 7) is 2.04. The highest BCUT2D eigenvalue weighted by molar-refractivity contribution is 5.92. The highest BCUT2D eigenvalue weighted by atomic mass is 16.5. The predicted molar refractivity (Wildman–Crippen MR) is 78.3 cm³/mol. The van der Waals surface area contributed by atoms with Crippen LogP contribution in [0.2, 0.25) is 0 Å². The molecular formula is C16H21N3O3. The van der Waals surface area contributed by atoms with Crippen molar-refractivity contribution < 1.29 is 14.3 Å². The lowest BCUT2D eigenvalue weighted by Gasteiger charge is -2.38. The van der Waals surface area contributed by atoms with Crippen molar-refractivity contribution in [3.8, 4) is 0 Å². The number of hydrogen-bond donors (Lipinski definition) is 0. The first-order valence-electron chi connectivity index (χ1n) is 8.13. The minimum atomic E-state index is -0.0245. The minimum absolute atomic E-state index is 0.0123. The Bertz CT molecular complexity index is 535. The van der Waals surface area contributed by atoms with Gasteiger partial charge in [0.2, 0.25) is 0 Å². The molecule has 4 rings (SSSR count). The van der Waals surface area contributed by atoms with Crippen molar-refractivity contribution in [1.82, 2.24) is 14.9 Å². The Balaban J connectivity index is 1.44. The van der Waals surface area contributed by atoms with E-state index in [-0.39, 0.29) is 24.2 Å². The maximum Gasteiger partial charge on any atom is 0.272 e. The summed E-state index contributed by atoms with van der Waals surface area (Å²) >= 11 is 0. The van der Waals surface area contributed by atoms with Gasteiger partial charge in [-0.05, 0) is 37.7 Å². The molecule has 2 aliphatic carbocycles. The zero-order valence-corrected chi connectivity index (χ0v) is 12.6. The Hall–Kier alpha value is -1.53. The second-order valence-electron chi connectivity index (χ2n) is 6.39. The molecule has 1 aliphatic heterocycles. The van der Waals surface area contributed by atoms with Crippen LogP contribution in [-0.4, -0.2) is 58.8 Å². The number of carbonyl (C=O) groups is 1. The van der Waals surface area contributed by atoms with E-state index in [2.05, 4.69) is 9.97 Å². The van der Waals surface area contributed by atoms with Gasteiger partial charge < -0.3 is 14.4 Å². The van der Waals surface area contributed by atoms with Crippen molar-refractivity contribution in [2.24, 2.45) is 5.92 Å². The first-order valence-corrected chi connectivity index (χ1v) is 8.13. The SMILES string of the molecule is O=C(c1ccncn1)N1CCO[C@H]2[C@H](OCC3CC3)CC[C@@H]21. The van der Waals surface area contributed by atoms with Gasteiger partial charge in [-0.1, -0.05) is 0 Å². The normalized spacial score (nSPS) is 31.1. The quantitative estimate of drug-likeness (QED) is 0.838. The summed E-state index contributed by atoms with van der Waals surface area (Å²) in [4.78, 5) is 22.5. The largest absolute Gasteiger partial charge is 0.375 e. The molecule has 1 saturated heterocycles. The van der Waals surface area contributed by atoms with E-state index in [1.807, 2.05) is 4.90 Å². The average molecular weight is 303 g/mol. The molecule has 0 unspecified atom stereocenters. The number of rotatable bonds is 4. The Kier molecular flexibility index (Phi) is 3.80. The number of nitrogens with zero attached hydrogens (tertiary/aromatic N) is 3. The van der Waals surface area contributed by atoms with Crippen LogP contribution in [0.25, 0.3) is 0 Å². The van der Waals surface area contributed by atoms with Gasteiger partial charge in [0.25, 0.3) is 5.91 Å². The van der Waals surface area contributed by atoms with Gasteiger partial charge in [-0.3, -0.25) is 4.79 Å². The molecule has 22 heavy (non-hydrogen) atoms. The lowest BCUT2D eigenvalue weighted by molar-refractivity contribution is -0.106. The van der Waals surface area contributed by atoms with Gasteiger partial charge >= 0.3 is 0 Å². The van der Waals surface area contributed by atoms with Gasteiger partial charge in [0, 0.05) is 19.3 Å². The summed E-state index contributed by atoms with van der Waals surface area (Å²) in [6.07, 6.45) is 7.66. The molecule has 0 radical (unpaired) electrons. The second kappa shape index (κ2) is 5.93. The summed E-state index contributed by atoms with van der Waals surface area (Å²) in [5.41, 5.74) is 0.456. The fraction of sp³-hybridized carbons (Fsp3) is 0.688. The van der Waals surface area contributed by atoms with Gasteiger partial charge in [0.1, 0.15) is 18.1 Å². The number of hydrogen-bond acceptors (Lipinski definition) is 5. The zero-order valence-electron chi connectivity index (χ0n) is 12.6. The van der Waals surface area contributed by atoms with E-state index < -0.39 is 0 Å². The standard InChI is InChI=1S/C16H21N3O3/c20-16(12-5-6-17-10-18-12)19-7-8-21-15-13(19)3-4-14(15)22-9-11-1-2-11/h5-6,10-11,13-15H,1-4,7-9H2/t13-,14+,15+/m0/s1. The molecule has 1 aromatic rings. The highest BCUT2D eigenvalue weighted by Crippen LogP contribution is 2.35. The van der Waals surface area contributed by atoms with Gasteiger partial charge in [0.05, 0.1) is 18.8 Å². The fourth-order valence-corrected chi connectivity index (χ4v) is 3.45. The smallest absolute Gasteiger partial charge is 0.272 e. The molecule has 0 bridgehead atoms. The van der Waals surface area contributed by atoms with Crippen LogP contribution in [0.15, 0.2) is 18.6 Å². The van der Waals surface area contributed by atoms with Crippen molar-refractivity contribution in [1.29, 1.82) is 0 Å². The van der Waals surface area contributed by atoms with Crippen molar-refractivity contribution >= 4 is 5.91 Å². The molecule has 2 heterocycles.